The van der Waals surface area contributed by atoms with Crippen LogP contribution in [0, 0.1) is 4.77 Å². The number of rotatable bonds is 16. The maximum atomic E-state index is 13.1. The number of hydroxylamine groups is 2. The lowest BCUT2D eigenvalue weighted by molar-refractivity contribution is -0.186. The number of aromatic amines is 1. The van der Waals surface area contributed by atoms with Crippen LogP contribution in [0.5, 0.6) is 11.5 Å². The summed E-state index contributed by atoms with van der Waals surface area (Å²) in [6, 6.07) is 22.5. The van der Waals surface area contributed by atoms with E-state index in [9.17, 15) is 18.7 Å². The minimum Gasteiger partial charge on any atom is -0.457 e. The predicted molar refractivity (Wildman–Crippen MR) is 282 cm³/mol. The molecule has 2 N–H and O–H groups in total. The highest BCUT2D eigenvalue weighted by Gasteiger charge is 2.58. The first-order valence-corrected chi connectivity index (χ1v) is 25.6. The number of aliphatic hydroxyl groups is 1. The van der Waals surface area contributed by atoms with Crippen LogP contribution in [0.15, 0.2) is 104 Å². The van der Waals surface area contributed by atoms with E-state index in [0.29, 0.717) is 77.1 Å². The van der Waals surface area contributed by atoms with E-state index in [1.807, 2.05) is 43.3 Å². The number of ether oxygens (including phenoxy) is 3. The first-order valence-electron chi connectivity index (χ1n) is 22.6. The Bertz CT molecular complexity index is 3070. The minimum atomic E-state index is -2.88. The number of aryl methyl sites for hydroxylation is 1. The SMILES string of the molecule is CC1COC(Cn2cncn2)(c2ccc(Oc3ccc(Cl)cc3)cc2Cl)O1.CON(C(=O)c1cn(C)nc1C(F)F)C(C)Cc1c(Cl)cc(Cl)cc1Cl.OC(Cc1ccccc1Cl)(Cn1nc[nH]c1=S)C1(Cl)CC1. The normalized spacial score (nSPS) is 17.9. The molecular formula is C49H48Cl7F2N9O6S. The van der Waals surface area contributed by atoms with Gasteiger partial charge in [-0.05, 0) is 117 Å². The second-order valence-electron chi connectivity index (χ2n) is 17.4. The van der Waals surface area contributed by atoms with Crippen LogP contribution >= 0.6 is 93.4 Å². The van der Waals surface area contributed by atoms with Crippen LogP contribution in [0.4, 0.5) is 8.78 Å². The lowest BCUT2D eigenvalue weighted by Crippen LogP contribution is -2.47. The van der Waals surface area contributed by atoms with E-state index >= 15 is 0 Å². The molecule has 2 aliphatic rings. The van der Waals surface area contributed by atoms with Crippen molar-refractivity contribution < 1.29 is 37.7 Å². The summed E-state index contributed by atoms with van der Waals surface area (Å²) in [6.07, 6.45) is 5.01. The van der Waals surface area contributed by atoms with Gasteiger partial charge in [0.2, 0.25) is 5.79 Å². The third-order valence-electron chi connectivity index (χ3n) is 11.9. The number of hydrogen-bond acceptors (Lipinski definition) is 11. The van der Waals surface area contributed by atoms with E-state index in [2.05, 4.69) is 25.3 Å². The van der Waals surface area contributed by atoms with Gasteiger partial charge in [-0.1, -0.05) is 87.8 Å². The number of carbonyl (C=O) groups excluding carboxylic acids is 1. The van der Waals surface area contributed by atoms with Gasteiger partial charge in [-0.25, -0.2) is 28.2 Å². The zero-order valence-electron chi connectivity index (χ0n) is 39.9. The van der Waals surface area contributed by atoms with Gasteiger partial charge in [0, 0.05) is 50.3 Å². The molecule has 2 fully saturated rings. The molecule has 0 bridgehead atoms. The summed E-state index contributed by atoms with van der Waals surface area (Å²) in [5.41, 5.74) is 0.176. The van der Waals surface area contributed by atoms with Crippen molar-refractivity contribution in [3.63, 3.8) is 0 Å². The number of aromatic nitrogens is 8. The van der Waals surface area contributed by atoms with Crippen LogP contribution < -0.4 is 4.74 Å². The molecule has 1 aliphatic heterocycles. The molecule has 1 saturated carbocycles. The third kappa shape index (κ3) is 13.9. The van der Waals surface area contributed by atoms with E-state index in [1.54, 1.807) is 52.9 Å². The van der Waals surface area contributed by atoms with Gasteiger partial charge >= 0.3 is 0 Å². The molecule has 1 aliphatic carbocycles. The second kappa shape index (κ2) is 24.7. The van der Waals surface area contributed by atoms with E-state index in [0.717, 1.165) is 28.2 Å². The summed E-state index contributed by atoms with van der Waals surface area (Å²) in [5, 5.41) is 26.9. The number of nitrogens with zero attached hydrogens (tertiary/aromatic N) is 8. The average Bonchev–Trinajstić information content (AvgIpc) is 3.78. The van der Waals surface area contributed by atoms with Crippen molar-refractivity contribution in [3.8, 4) is 11.5 Å². The molecule has 4 heterocycles. The highest BCUT2D eigenvalue weighted by Crippen LogP contribution is 2.53. The van der Waals surface area contributed by atoms with Crippen LogP contribution in [-0.2, 0) is 53.1 Å². The lowest BCUT2D eigenvalue weighted by Gasteiger charge is -2.33. The van der Waals surface area contributed by atoms with E-state index in [1.165, 1.54) is 45.1 Å². The van der Waals surface area contributed by atoms with E-state index in [4.69, 9.17) is 112 Å². The van der Waals surface area contributed by atoms with Gasteiger partial charge in [-0.3, -0.25) is 14.3 Å². The number of benzene rings is 4. The smallest absolute Gasteiger partial charge is 0.282 e. The number of H-pyrrole nitrogens is 1. The van der Waals surface area contributed by atoms with Crippen LogP contribution in [-0.4, -0.2) is 91.7 Å². The van der Waals surface area contributed by atoms with Crippen molar-refractivity contribution in [2.45, 2.75) is 87.5 Å². The molecule has 7 aromatic rings. The summed E-state index contributed by atoms with van der Waals surface area (Å²) in [7, 11) is 2.73. The molecule has 394 valence electrons. The van der Waals surface area contributed by atoms with Gasteiger partial charge in [-0.2, -0.15) is 15.3 Å². The molecule has 74 heavy (non-hydrogen) atoms. The summed E-state index contributed by atoms with van der Waals surface area (Å²) in [6.45, 7) is 4.68. The van der Waals surface area contributed by atoms with Crippen molar-refractivity contribution in [1.29, 1.82) is 0 Å². The predicted octanol–water partition coefficient (Wildman–Crippen LogP) is 13.0. The molecule has 3 aromatic heterocycles. The highest BCUT2D eigenvalue weighted by molar-refractivity contribution is 7.71. The summed E-state index contributed by atoms with van der Waals surface area (Å²) >= 11 is 48.6. The molecule has 1 amide bonds. The molecular weight excluding hydrogens is 1130 g/mol. The average molecular weight is 1180 g/mol. The van der Waals surface area contributed by atoms with Gasteiger partial charge in [0.25, 0.3) is 12.3 Å². The Morgan fingerprint density at radius 1 is 0.973 bits per heavy atom. The molecule has 25 heteroatoms. The first-order chi connectivity index (χ1) is 35.1. The number of amides is 1. The molecule has 4 atom stereocenters. The van der Waals surface area contributed by atoms with Gasteiger partial charge in [-0.15, -0.1) is 11.6 Å². The fourth-order valence-corrected chi connectivity index (χ4v) is 10.1. The summed E-state index contributed by atoms with van der Waals surface area (Å²) in [5.74, 6) is -0.483. The van der Waals surface area contributed by atoms with Crippen molar-refractivity contribution in [2.24, 2.45) is 7.05 Å². The van der Waals surface area contributed by atoms with Gasteiger partial charge in [0.05, 0.1) is 47.9 Å². The zero-order valence-corrected chi connectivity index (χ0v) is 46.0. The molecule has 0 radical (unpaired) electrons. The van der Waals surface area contributed by atoms with Gasteiger partial charge < -0.3 is 24.3 Å². The Kier molecular flexibility index (Phi) is 19.1. The maximum absolute atomic E-state index is 13.1. The van der Waals surface area contributed by atoms with Crippen molar-refractivity contribution in [3.05, 3.63) is 167 Å². The van der Waals surface area contributed by atoms with E-state index in [-0.39, 0.29) is 24.6 Å². The fourth-order valence-electron chi connectivity index (χ4n) is 8.08. The van der Waals surface area contributed by atoms with Gasteiger partial charge in [0.15, 0.2) is 4.77 Å². The third-order valence-corrected chi connectivity index (χ3v) is 14.8. The standard InChI is InChI=1S/C19H17Cl2N3O3.C16H16Cl3F2N3O2.C14H15Cl2N3OS/c1-13-9-25-19(27-13,10-24-12-22-11-23-24)17-7-6-16(8-18(17)21)26-15-4-2-14(20)3-5-15;1-8(4-10-12(18)5-9(17)6-13(10)19)24(26-3)16(25)11-7-23(2)22-14(11)15(20)21;15-11-4-2-1-3-10(11)7-14(20,13(16)5-6-13)8-19-12(21)17-9-18-19/h2-8,11-13H,9-10H2,1H3;5-8,15H,4H2,1-3H3;1-4,9,20H,5-8H2,(H,17,18,21). The fraction of sp³-hybridized carbons (Fsp3) is 0.347. The molecule has 9 rings (SSSR count). The molecule has 1 saturated heterocycles. The van der Waals surface area contributed by atoms with E-state index < -0.39 is 40.3 Å². The van der Waals surface area contributed by atoms with Crippen molar-refractivity contribution in [1.82, 2.24) is 44.4 Å². The maximum Gasteiger partial charge on any atom is 0.282 e. The zero-order chi connectivity index (χ0) is 53.5. The van der Waals surface area contributed by atoms with Gasteiger partial charge in [0.1, 0.15) is 48.3 Å². The highest BCUT2D eigenvalue weighted by atomic mass is 35.5. The van der Waals surface area contributed by atoms with Crippen molar-refractivity contribution in [2.75, 3.05) is 13.7 Å². The van der Waals surface area contributed by atoms with Crippen LogP contribution in [0.1, 0.15) is 65.9 Å². The number of nitrogens with one attached hydrogen (secondary N) is 1. The number of alkyl halides is 3. The van der Waals surface area contributed by atoms with Crippen LogP contribution in [0.2, 0.25) is 30.1 Å². The summed E-state index contributed by atoms with van der Waals surface area (Å²) < 4.78 is 49.1. The molecule has 0 spiro atoms. The number of hydrogen-bond donors (Lipinski definition) is 2. The van der Waals surface area contributed by atoms with Crippen molar-refractivity contribution >= 4 is 99.3 Å². The Morgan fingerprint density at radius 3 is 2.23 bits per heavy atom. The Labute approximate surface area is 465 Å². The van der Waals surface area contributed by atoms with Crippen LogP contribution in [0.3, 0.4) is 0 Å². The lowest BCUT2D eigenvalue weighted by atomic mass is 9.89. The number of carbonyl (C=O) groups is 1. The Hall–Kier alpha value is -4.41. The Balaban J connectivity index is 0.000000163. The molecule has 4 unspecified atom stereocenters. The second-order valence-corrected chi connectivity index (χ2v) is 21.0. The first kappa shape index (κ1) is 57.3. The topological polar surface area (TPSA) is 160 Å². The molecule has 15 nitrogen and oxygen atoms in total. The molecule has 4 aromatic carbocycles. The van der Waals surface area contributed by atoms with Crippen LogP contribution in [0.25, 0.3) is 0 Å². The summed E-state index contributed by atoms with van der Waals surface area (Å²) in [4.78, 5) is 24.0. The minimum absolute atomic E-state index is 0.0606. The quantitative estimate of drug-likeness (QED) is 0.0539. The largest absolute Gasteiger partial charge is 0.457 e. The Morgan fingerprint density at radius 2 is 1.66 bits per heavy atom. The number of halogens is 9. The monoisotopic (exact) mass is 1170 g/mol.